The monoisotopic (exact) mass is 302 g/mol. The van der Waals surface area contributed by atoms with Crippen LogP contribution in [0.25, 0.3) is 0 Å². The number of aliphatic hydroxyl groups excluding tert-OH is 2. The number of alkyl halides is 1. The number of Topliss-reactive ketones (excluding diaryl/α,β-unsaturated/α-hetero) is 1. The minimum absolute atomic E-state index is 0.182. The first-order valence-electron chi connectivity index (χ1n) is 5.15. The summed E-state index contributed by atoms with van der Waals surface area (Å²) in [5, 5.41) is 29.3. The fourth-order valence-corrected chi connectivity index (χ4v) is 1.96. The van der Waals surface area contributed by atoms with Gasteiger partial charge in [-0.05, 0) is 37.1 Å². The average molecular weight is 303 g/mol. The topological polar surface area (TPSA) is 77.8 Å². The number of hydrogen-bond donors (Lipinski definition) is 3. The summed E-state index contributed by atoms with van der Waals surface area (Å²) in [4.78, 5) is 11.2. The molecule has 0 spiro atoms. The number of ketones is 1. The molecular formula is C12H15BrO4. The SMILES string of the molecule is CC(=O)c1cc(C)c(C(O)C(O)CBr)cc1O. The largest absolute Gasteiger partial charge is 0.507 e. The molecule has 0 fully saturated rings. The normalized spacial score (nSPS) is 14.4. The highest BCUT2D eigenvalue weighted by atomic mass is 79.9. The van der Waals surface area contributed by atoms with Crippen molar-refractivity contribution in [1.29, 1.82) is 0 Å². The molecule has 0 saturated heterocycles. The predicted octanol–water partition coefficient (Wildman–Crippen LogP) is 1.69. The summed E-state index contributed by atoms with van der Waals surface area (Å²) >= 11 is 3.07. The van der Waals surface area contributed by atoms with Crippen LogP contribution in [0.4, 0.5) is 0 Å². The van der Waals surface area contributed by atoms with Gasteiger partial charge in [0.25, 0.3) is 0 Å². The Balaban J connectivity index is 3.20. The second-order valence-corrected chi connectivity index (χ2v) is 4.60. The van der Waals surface area contributed by atoms with Crippen molar-refractivity contribution in [1.82, 2.24) is 0 Å². The smallest absolute Gasteiger partial charge is 0.163 e. The third-order valence-corrected chi connectivity index (χ3v) is 3.27. The first-order valence-corrected chi connectivity index (χ1v) is 6.27. The molecule has 1 rings (SSSR count). The molecule has 1 aromatic carbocycles. The molecule has 0 bridgehead atoms. The van der Waals surface area contributed by atoms with Crippen LogP contribution in [0.3, 0.4) is 0 Å². The number of carbonyl (C=O) groups excluding carboxylic acids is 1. The predicted molar refractivity (Wildman–Crippen MR) is 67.6 cm³/mol. The Bertz CT molecular complexity index is 431. The molecule has 0 amide bonds. The highest BCUT2D eigenvalue weighted by molar-refractivity contribution is 9.09. The molecule has 1 aromatic rings. The van der Waals surface area contributed by atoms with Gasteiger partial charge >= 0.3 is 0 Å². The second-order valence-electron chi connectivity index (χ2n) is 3.95. The van der Waals surface area contributed by atoms with Crippen molar-refractivity contribution in [3.05, 3.63) is 28.8 Å². The summed E-state index contributed by atoms with van der Waals surface area (Å²) < 4.78 is 0. The van der Waals surface area contributed by atoms with Gasteiger partial charge in [0.2, 0.25) is 0 Å². The van der Waals surface area contributed by atoms with Gasteiger partial charge in [0.05, 0.1) is 11.7 Å². The van der Waals surface area contributed by atoms with E-state index in [0.29, 0.717) is 11.1 Å². The second kappa shape index (κ2) is 5.62. The van der Waals surface area contributed by atoms with Crippen molar-refractivity contribution >= 4 is 21.7 Å². The fraction of sp³-hybridized carbons (Fsp3) is 0.417. The molecule has 0 saturated carbocycles. The van der Waals surface area contributed by atoms with Crippen molar-refractivity contribution in [2.75, 3.05) is 5.33 Å². The average Bonchev–Trinajstić information content (AvgIpc) is 2.29. The van der Waals surface area contributed by atoms with Crippen LogP contribution in [0.5, 0.6) is 5.75 Å². The van der Waals surface area contributed by atoms with Gasteiger partial charge in [-0.2, -0.15) is 0 Å². The number of rotatable bonds is 4. The van der Waals surface area contributed by atoms with Crippen molar-refractivity contribution in [3.63, 3.8) is 0 Å². The number of aromatic hydroxyl groups is 1. The number of benzene rings is 1. The number of aliphatic hydroxyl groups is 2. The molecule has 0 heterocycles. The quantitative estimate of drug-likeness (QED) is 0.584. The summed E-state index contributed by atoms with van der Waals surface area (Å²) in [5.74, 6) is -0.424. The van der Waals surface area contributed by atoms with E-state index < -0.39 is 12.2 Å². The van der Waals surface area contributed by atoms with Crippen LogP contribution in [0, 0.1) is 6.92 Å². The van der Waals surface area contributed by atoms with E-state index in [0.717, 1.165) is 0 Å². The van der Waals surface area contributed by atoms with Gasteiger partial charge in [-0.25, -0.2) is 0 Å². The maximum Gasteiger partial charge on any atom is 0.163 e. The van der Waals surface area contributed by atoms with E-state index in [9.17, 15) is 20.1 Å². The van der Waals surface area contributed by atoms with Crippen molar-refractivity contribution in [3.8, 4) is 5.75 Å². The highest BCUT2D eigenvalue weighted by Gasteiger charge is 2.21. The molecule has 0 radical (unpaired) electrons. The molecule has 0 aliphatic heterocycles. The lowest BCUT2D eigenvalue weighted by atomic mass is 9.96. The zero-order valence-electron chi connectivity index (χ0n) is 9.64. The Hall–Kier alpha value is -0.910. The van der Waals surface area contributed by atoms with Gasteiger partial charge in [-0.1, -0.05) is 15.9 Å². The third-order valence-electron chi connectivity index (χ3n) is 2.60. The van der Waals surface area contributed by atoms with Crippen molar-refractivity contribution in [2.24, 2.45) is 0 Å². The lowest BCUT2D eigenvalue weighted by molar-refractivity contribution is 0.0337. The van der Waals surface area contributed by atoms with Gasteiger partial charge in [-0.15, -0.1) is 0 Å². The molecule has 17 heavy (non-hydrogen) atoms. The van der Waals surface area contributed by atoms with Crippen molar-refractivity contribution in [2.45, 2.75) is 26.1 Å². The van der Waals surface area contributed by atoms with E-state index in [-0.39, 0.29) is 22.4 Å². The van der Waals surface area contributed by atoms with E-state index in [1.54, 1.807) is 6.92 Å². The van der Waals surface area contributed by atoms with Crippen LogP contribution in [-0.2, 0) is 0 Å². The molecule has 4 nitrogen and oxygen atoms in total. The van der Waals surface area contributed by atoms with E-state index in [1.807, 2.05) is 0 Å². The minimum atomic E-state index is -1.10. The first kappa shape index (κ1) is 14.2. The maximum atomic E-state index is 11.2. The molecule has 3 N–H and O–H groups in total. The molecular weight excluding hydrogens is 288 g/mol. The molecule has 0 aromatic heterocycles. The van der Waals surface area contributed by atoms with E-state index in [2.05, 4.69) is 15.9 Å². The Morgan fingerprint density at radius 3 is 2.47 bits per heavy atom. The zero-order chi connectivity index (χ0) is 13.2. The van der Waals surface area contributed by atoms with Crippen LogP contribution < -0.4 is 0 Å². The molecule has 0 aliphatic rings. The number of hydrogen-bond acceptors (Lipinski definition) is 4. The number of phenolic OH excluding ortho intramolecular Hbond substituents is 1. The van der Waals surface area contributed by atoms with Crippen LogP contribution in [0.2, 0.25) is 0 Å². The molecule has 0 aliphatic carbocycles. The van der Waals surface area contributed by atoms with Crippen LogP contribution in [0.15, 0.2) is 12.1 Å². The fourth-order valence-electron chi connectivity index (χ4n) is 1.60. The van der Waals surface area contributed by atoms with Gasteiger partial charge in [0, 0.05) is 5.33 Å². The van der Waals surface area contributed by atoms with Gasteiger partial charge in [-0.3, -0.25) is 4.79 Å². The molecule has 5 heteroatoms. The minimum Gasteiger partial charge on any atom is -0.507 e. The summed E-state index contributed by atoms with van der Waals surface area (Å²) in [6, 6.07) is 2.83. The Labute approximate surface area is 108 Å². The van der Waals surface area contributed by atoms with Crippen molar-refractivity contribution < 1.29 is 20.1 Å². The Morgan fingerprint density at radius 2 is 2.00 bits per heavy atom. The van der Waals surface area contributed by atoms with E-state index in [4.69, 9.17) is 0 Å². The molecule has 2 unspecified atom stereocenters. The summed E-state index contributed by atoms with van der Waals surface area (Å²) in [5.41, 5.74) is 1.28. The van der Waals surface area contributed by atoms with Crippen LogP contribution >= 0.6 is 15.9 Å². The van der Waals surface area contributed by atoms with Gasteiger partial charge in [0.1, 0.15) is 11.9 Å². The Kier molecular flexibility index (Phi) is 4.68. The molecule has 2 atom stereocenters. The number of halogens is 1. The van der Waals surface area contributed by atoms with Gasteiger partial charge in [0.15, 0.2) is 5.78 Å². The van der Waals surface area contributed by atoms with E-state index >= 15 is 0 Å². The van der Waals surface area contributed by atoms with Gasteiger partial charge < -0.3 is 15.3 Å². The number of phenols is 1. The summed E-state index contributed by atoms with van der Waals surface area (Å²) in [7, 11) is 0. The lowest BCUT2D eigenvalue weighted by Crippen LogP contribution is -2.20. The number of aryl methyl sites for hydroxylation is 1. The Morgan fingerprint density at radius 1 is 1.41 bits per heavy atom. The van der Waals surface area contributed by atoms with E-state index in [1.165, 1.54) is 19.1 Å². The highest BCUT2D eigenvalue weighted by Crippen LogP contribution is 2.29. The molecule has 94 valence electrons. The summed E-state index contributed by atoms with van der Waals surface area (Å²) in [6.07, 6.45) is -2.06. The van der Waals surface area contributed by atoms with Crippen LogP contribution in [-0.4, -0.2) is 32.5 Å². The zero-order valence-corrected chi connectivity index (χ0v) is 11.2. The summed E-state index contributed by atoms with van der Waals surface area (Å²) in [6.45, 7) is 3.07. The maximum absolute atomic E-state index is 11.2. The van der Waals surface area contributed by atoms with Crippen LogP contribution in [0.1, 0.15) is 34.5 Å². The third kappa shape index (κ3) is 3.06. The lowest BCUT2D eigenvalue weighted by Gasteiger charge is -2.19. The number of carbonyl (C=O) groups is 1. The standard InChI is InChI=1S/C12H15BrO4/c1-6-3-9(7(2)14)10(15)4-8(6)12(17)11(16)5-13/h3-4,11-12,15-17H,5H2,1-2H3. The first-order chi connectivity index (χ1) is 7.88.